The zero-order valence-electron chi connectivity index (χ0n) is 9.80. The van der Waals surface area contributed by atoms with Gasteiger partial charge in [0, 0.05) is 11.3 Å². The standard InChI is InChI=1S/C10H13ClN4O2S/c1-18-7-4-2-3-6(7)14-10-8(15(16)17)9(11)12-5-13-10/h5-7H,2-4H2,1H3,(H,12,13,14). The van der Waals surface area contributed by atoms with E-state index >= 15 is 0 Å². The molecule has 0 amide bonds. The molecule has 2 rings (SSSR count). The number of halogens is 1. The van der Waals surface area contributed by atoms with Gasteiger partial charge in [-0.2, -0.15) is 11.8 Å². The summed E-state index contributed by atoms with van der Waals surface area (Å²) < 4.78 is 0. The fourth-order valence-corrected chi connectivity index (χ4v) is 3.31. The highest BCUT2D eigenvalue weighted by molar-refractivity contribution is 7.99. The lowest BCUT2D eigenvalue weighted by Crippen LogP contribution is -2.26. The average Bonchev–Trinajstić information content (AvgIpc) is 2.76. The van der Waals surface area contributed by atoms with Crippen LogP contribution in [-0.4, -0.2) is 32.4 Å². The second-order valence-electron chi connectivity index (χ2n) is 4.07. The van der Waals surface area contributed by atoms with Crippen molar-refractivity contribution in [3.63, 3.8) is 0 Å². The minimum absolute atomic E-state index is 0.129. The van der Waals surface area contributed by atoms with Gasteiger partial charge in [-0.15, -0.1) is 0 Å². The van der Waals surface area contributed by atoms with Crippen molar-refractivity contribution in [2.45, 2.75) is 30.6 Å². The van der Waals surface area contributed by atoms with Crippen molar-refractivity contribution >= 4 is 34.9 Å². The van der Waals surface area contributed by atoms with Gasteiger partial charge in [-0.1, -0.05) is 18.0 Å². The van der Waals surface area contributed by atoms with Crippen molar-refractivity contribution < 1.29 is 4.92 Å². The molecule has 2 atom stereocenters. The van der Waals surface area contributed by atoms with Crippen molar-refractivity contribution in [2.75, 3.05) is 11.6 Å². The van der Waals surface area contributed by atoms with Crippen LogP contribution in [0.4, 0.5) is 11.5 Å². The number of nitrogens with zero attached hydrogens (tertiary/aromatic N) is 3. The highest BCUT2D eigenvalue weighted by Crippen LogP contribution is 2.34. The molecule has 2 unspecified atom stereocenters. The minimum atomic E-state index is -0.548. The van der Waals surface area contributed by atoms with Crippen LogP contribution in [0.1, 0.15) is 19.3 Å². The van der Waals surface area contributed by atoms with Gasteiger partial charge in [-0.05, 0) is 19.1 Å². The fourth-order valence-electron chi connectivity index (χ4n) is 2.17. The predicted molar refractivity (Wildman–Crippen MR) is 72.3 cm³/mol. The van der Waals surface area contributed by atoms with Crippen LogP contribution in [-0.2, 0) is 0 Å². The van der Waals surface area contributed by atoms with E-state index < -0.39 is 4.92 Å². The van der Waals surface area contributed by atoms with Crippen LogP contribution in [0, 0.1) is 10.1 Å². The first-order valence-corrected chi connectivity index (χ1v) is 7.24. The molecule has 1 N–H and O–H groups in total. The summed E-state index contributed by atoms with van der Waals surface area (Å²) in [5.41, 5.74) is -0.245. The van der Waals surface area contributed by atoms with Crippen LogP contribution >= 0.6 is 23.4 Å². The average molecular weight is 289 g/mol. The van der Waals surface area contributed by atoms with E-state index in [4.69, 9.17) is 11.6 Å². The third-order valence-electron chi connectivity index (χ3n) is 3.04. The molecule has 0 spiro atoms. The van der Waals surface area contributed by atoms with Crippen molar-refractivity contribution in [1.82, 2.24) is 9.97 Å². The summed E-state index contributed by atoms with van der Waals surface area (Å²) >= 11 is 7.51. The van der Waals surface area contributed by atoms with Crippen molar-refractivity contribution in [1.29, 1.82) is 0 Å². The molecule has 1 saturated carbocycles. The summed E-state index contributed by atoms with van der Waals surface area (Å²) in [6.45, 7) is 0. The second-order valence-corrected chi connectivity index (χ2v) is 5.51. The third kappa shape index (κ3) is 2.67. The first kappa shape index (κ1) is 13.4. The van der Waals surface area contributed by atoms with E-state index in [0.717, 1.165) is 19.3 Å². The lowest BCUT2D eigenvalue weighted by molar-refractivity contribution is -0.384. The van der Waals surface area contributed by atoms with Gasteiger partial charge in [0.25, 0.3) is 0 Å². The molecule has 0 radical (unpaired) electrons. The Kier molecular flexibility index (Phi) is 4.23. The van der Waals surface area contributed by atoms with Crippen LogP contribution in [0.3, 0.4) is 0 Å². The van der Waals surface area contributed by atoms with Crippen LogP contribution in [0.5, 0.6) is 0 Å². The Morgan fingerprint density at radius 1 is 1.56 bits per heavy atom. The highest BCUT2D eigenvalue weighted by atomic mass is 35.5. The van der Waals surface area contributed by atoms with Gasteiger partial charge in [0.1, 0.15) is 6.33 Å². The zero-order chi connectivity index (χ0) is 13.1. The lowest BCUT2D eigenvalue weighted by atomic mass is 10.2. The van der Waals surface area contributed by atoms with Gasteiger partial charge in [-0.3, -0.25) is 10.1 Å². The first-order chi connectivity index (χ1) is 8.63. The number of anilines is 1. The molecule has 18 heavy (non-hydrogen) atoms. The van der Waals surface area contributed by atoms with Gasteiger partial charge < -0.3 is 5.32 Å². The second kappa shape index (κ2) is 5.71. The molecule has 1 aromatic heterocycles. The summed E-state index contributed by atoms with van der Waals surface area (Å²) in [7, 11) is 0. The maximum absolute atomic E-state index is 11.0. The van der Waals surface area contributed by atoms with E-state index in [9.17, 15) is 10.1 Å². The molecule has 98 valence electrons. The molecule has 1 fully saturated rings. The summed E-state index contributed by atoms with van der Waals surface area (Å²) in [5, 5.41) is 14.4. The number of rotatable bonds is 4. The Morgan fingerprint density at radius 3 is 3.00 bits per heavy atom. The molecule has 1 aromatic rings. The van der Waals surface area contributed by atoms with E-state index in [-0.39, 0.29) is 22.7 Å². The summed E-state index contributed by atoms with van der Waals surface area (Å²) in [4.78, 5) is 18.0. The molecule has 1 aliphatic rings. The van der Waals surface area contributed by atoms with E-state index in [1.807, 2.05) is 6.26 Å². The lowest BCUT2D eigenvalue weighted by Gasteiger charge is -2.19. The molecule has 0 aliphatic heterocycles. The maximum Gasteiger partial charge on any atom is 0.348 e. The smallest absolute Gasteiger partial charge is 0.348 e. The summed E-state index contributed by atoms with van der Waals surface area (Å²) in [6.07, 6.45) is 6.51. The summed E-state index contributed by atoms with van der Waals surface area (Å²) in [5.74, 6) is 0.214. The molecule has 1 heterocycles. The zero-order valence-corrected chi connectivity index (χ0v) is 11.4. The Balaban J connectivity index is 2.23. The largest absolute Gasteiger partial charge is 0.360 e. The Morgan fingerprint density at radius 2 is 2.33 bits per heavy atom. The Labute approximate surface area is 114 Å². The van der Waals surface area contributed by atoms with Crippen molar-refractivity contribution in [3.8, 4) is 0 Å². The number of thioether (sulfide) groups is 1. The first-order valence-electron chi connectivity index (χ1n) is 5.57. The molecule has 0 aromatic carbocycles. The molecule has 0 bridgehead atoms. The van der Waals surface area contributed by atoms with Crippen LogP contribution < -0.4 is 5.32 Å². The Bertz CT molecular complexity index is 460. The van der Waals surface area contributed by atoms with E-state index in [2.05, 4.69) is 15.3 Å². The third-order valence-corrected chi connectivity index (χ3v) is 4.48. The number of hydrogen-bond donors (Lipinski definition) is 1. The molecule has 6 nitrogen and oxygen atoms in total. The van der Waals surface area contributed by atoms with Crippen molar-refractivity contribution in [2.24, 2.45) is 0 Å². The van der Waals surface area contributed by atoms with Gasteiger partial charge in [-0.25, -0.2) is 9.97 Å². The van der Waals surface area contributed by atoms with Crippen molar-refractivity contribution in [3.05, 3.63) is 21.6 Å². The number of nitrogens with one attached hydrogen (secondary N) is 1. The van der Waals surface area contributed by atoms with E-state index in [1.165, 1.54) is 6.33 Å². The molecular weight excluding hydrogens is 276 g/mol. The van der Waals surface area contributed by atoms with Gasteiger partial charge in [0.05, 0.1) is 4.92 Å². The molecule has 0 saturated heterocycles. The predicted octanol–water partition coefficient (Wildman–Crippen LogP) is 2.73. The maximum atomic E-state index is 11.0. The summed E-state index contributed by atoms with van der Waals surface area (Å²) in [6, 6.07) is 0.199. The molecule has 8 heteroatoms. The van der Waals surface area contributed by atoms with Crippen LogP contribution in [0.2, 0.25) is 5.15 Å². The van der Waals surface area contributed by atoms with Gasteiger partial charge >= 0.3 is 5.69 Å². The van der Waals surface area contributed by atoms with E-state index in [1.54, 1.807) is 11.8 Å². The number of hydrogen-bond acceptors (Lipinski definition) is 6. The SMILES string of the molecule is CSC1CCCC1Nc1ncnc(Cl)c1[N+](=O)[O-]. The Hall–Kier alpha value is -1.08. The molecular formula is C10H13ClN4O2S. The number of nitro groups is 1. The minimum Gasteiger partial charge on any atom is -0.360 e. The number of aromatic nitrogens is 2. The molecule has 1 aliphatic carbocycles. The van der Waals surface area contributed by atoms with Gasteiger partial charge in [0.15, 0.2) is 0 Å². The van der Waals surface area contributed by atoms with E-state index in [0.29, 0.717) is 5.25 Å². The van der Waals surface area contributed by atoms with Crippen LogP contribution in [0.25, 0.3) is 0 Å². The fraction of sp³-hybridized carbons (Fsp3) is 0.600. The monoisotopic (exact) mass is 288 g/mol. The quantitative estimate of drug-likeness (QED) is 0.521. The van der Waals surface area contributed by atoms with Crippen LogP contribution in [0.15, 0.2) is 6.33 Å². The normalized spacial score (nSPS) is 23.0. The van der Waals surface area contributed by atoms with Gasteiger partial charge in [0.2, 0.25) is 11.0 Å². The topological polar surface area (TPSA) is 81.0 Å². The highest BCUT2D eigenvalue weighted by Gasteiger charge is 2.30.